The van der Waals surface area contributed by atoms with E-state index in [0.717, 1.165) is 0 Å². The van der Waals surface area contributed by atoms with E-state index in [1.807, 2.05) is 20.8 Å². The summed E-state index contributed by atoms with van der Waals surface area (Å²) in [5.74, 6) is 0.472. The van der Waals surface area contributed by atoms with Crippen LogP contribution in [0.4, 0.5) is 0 Å². The Morgan fingerprint density at radius 3 is 2.48 bits per heavy atom. The largest absolute Gasteiger partial charge is 0.454 e. The molecule has 0 saturated heterocycles. The van der Waals surface area contributed by atoms with Gasteiger partial charge in [-0.25, -0.2) is 13.1 Å². The Morgan fingerprint density at radius 2 is 1.79 bits per heavy atom. The fraction of sp³-hybridized carbons (Fsp3) is 0.391. The lowest BCUT2D eigenvalue weighted by Gasteiger charge is -2.25. The smallest absolute Gasteiger partial charge is 0.254 e. The molecule has 2 amide bonds. The number of carbonyl (C=O) groups is 2. The van der Waals surface area contributed by atoms with E-state index in [9.17, 15) is 18.0 Å². The summed E-state index contributed by atoms with van der Waals surface area (Å²) in [6.07, 6.45) is 0. The number of sulfonamides is 1. The molecule has 10 heteroatoms. The van der Waals surface area contributed by atoms with E-state index < -0.39 is 21.5 Å². The molecule has 0 radical (unpaired) electrons. The van der Waals surface area contributed by atoms with E-state index in [-0.39, 0.29) is 36.2 Å². The number of rotatable bonds is 8. The molecule has 9 nitrogen and oxygen atoms in total. The highest BCUT2D eigenvalue weighted by Gasteiger charge is 2.22. The monoisotopic (exact) mass is 475 g/mol. The van der Waals surface area contributed by atoms with Gasteiger partial charge in [-0.3, -0.25) is 9.59 Å². The molecule has 2 aromatic carbocycles. The second-order valence-corrected chi connectivity index (χ2v) is 10.4. The van der Waals surface area contributed by atoms with Crippen molar-refractivity contribution in [2.75, 3.05) is 19.9 Å². The number of likely N-dealkylation sites (N-methyl/N-ethyl adjacent to an activating group) is 1. The van der Waals surface area contributed by atoms with Crippen LogP contribution in [-0.2, 0) is 21.4 Å². The Morgan fingerprint density at radius 1 is 1.06 bits per heavy atom. The van der Waals surface area contributed by atoms with Gasteiger partial charge in [0, 0.05) is 24.2 Å². The molecule has 33 heavy (non-hydrogen) atoms. The minimum Gasteiger partial charge on any atom is -0.454 e. The zero-order chi connectivity index (χ0) is 24.2. The predicted molar refractivity (Wildman–Crippen MR) is 123 cm³/mol. The topological polar surface area (TPSA) is 114 Å². The fourth-order valence-electron chi connectivity index (χ4n) is 3.25. The van der Waals surface area contributed by atoms with Gasteiger partial charge in [0.2, 0.25) is 22.7 Å². The van der Waals surface area contributed by atoms with Crippen LogP contribution in [0.2, 0.25) is 0 Å². The Balaban J connectivity index is 1.70. The molecule has 178 valence electrons. The number of carbonyl (C=O) groups excluding carboxylic acids is 2. The molecule has 1 aliphatic rings. The van der Waals surface area contributed by atoms with Crippen molar-refractivity contribution in [2.45, 2.75) is 44.7 Å². The first-order chi connectivity index (χ1) is 15.5. The quantitative estimate of drug-likeness (QED) is 0.606. The van der Waals surface area contributed by atoms with Crippen LogP contribution in [0.5, 0.6) is 11.5 Å². The Hall–Kier alpha value is -3.11. The van der Waals surface area contributed by atoms with Crippen molar-refractivity contribution in [1.29, 1.82) is 0 Å². The van der Waals surface area contributed by atoms with Gasteiger partial charge >= 0.3 is 0 Å². The first kappa shape index (κ1) is 24.5. The van der Waals surface area contributed by atoms with Gasteiger partial charge in [0.05, 0.1) is 11.4 Å². The highest BCUT2D eigenvalue weighted by molar-refractivity contribution is 7.89. The van der Waals surface area contributed by atoms with Crippen LogP contribution >= 0.6 is 0 Å². The fourth-order valence-corrected chi connectivity index (χ4v) is 4.31. The van der Waals surface area contributed by atoms with Crippen LogP contribution < -0.4 is 19.5 Å². The molecule has 0 saturated carbocycles. The molecule has 1 aliphatic heterocycles. The summed E-state index contributed by atoms with van der Waals surface area (Å²) >= 11 is 0. The molecule has 2 aromatic rings. The summed E-state index contributed by atoms with van der Waals surface area (Å²) in [7, 11) is -3.88. The number of nitrogens with one attached hydrogen (secondary N) is 2. The molecule has 0 aromatic heterocycles. The van der Waals surface area contributed by atoms with Gasteiger partial charge in [-0.1, -0.05) is 12.1 Å². The Kier molecular flexibility index (Phi) is 7.28. The third-order valence-electron chi connectivity index (χ3n) is 4.81. The summed E-state index contributed by atoms with van der Waals surface area (Å²) in [4.78, 5) is 26.5. The number of benzene rings is 2. The zero-order valence-corrected chi connectivity index (χ0v) is 20.0. The average Bonchev–Trinajstić information content (AvgIpc) is 3.22. The van der Waals surface area contributed by atoms with Crippen molar-refractivity contribution in [3.8, 4) is 11.5 Å². The minimum atomic E-state index is -3.88. The molecule has 0 unspecified atom stereocenters. The van der Waals surface area contributed by atoms with E-state index in [2.05, 4.69) is 10.0 Å². The Labute approximate surface area is 194 Å². The van der Waals surface area contributed by atoms with Crippen molar-refractivity contribution in [1.82, 2.24) is 14.9 Å². The number of nitrogens with zero attached hydrogens (tertiary/aromatic N) is 1. The Bertz CT molecular complexity index is 1140. The number of ether oxygens (including phenoxy) is 2. The molecule has 0 atom stereocenters. The second-order valence-electron chi connectivity index (χ2n) is 8.66. The molecule has 1 heterocycles. The van der Waals surface area contributed by atoms with Crippen LogP contribution in [0.15, 0.2) is 47.4 Å². The maximum atomic E-state index is 12.9. The van der Waals surface area contributed by atoms with E-state index in [0.29, 0.717) is 23.6 Å². The number of hydrogen-bond donors (Lipinski definition) is 2. The standard InChI is InChI=1S/C23H29N3O6S/c1-5-26(14-21(27)25-23(2,3)4)22(28)17-7-6-8-18(12-17)33(29,30)24-13-16-9-10-19-20(11-16)32-15-31-19/h6-12,24H,5,13-15H2,1-4H3,(H,25,27). The lowest BCUT2D eigenvalue weighted by atomic mass is 10.1. The molecule has 3 rings (SSSR count). The average molecular weight is 476 g/mol. The molecule has 0 aliphatic carbocycles. The van der Waals surface area contributed by atoms with Crippen LogP contribution in [0.1, 0.15) is 43.6 Å². The van der Waals surface area contributed by atoms with Crippen LogP contribution in [0.3, 0.4) is 0 Å². The molecule has 0 bridgehead atoms. The highest BCUT2D eigenvalue weighted by atomic mass is 32.2. The summed E-state index contributed by atoms with van der Waals surface area (Å²) in [5.41, 5.74) is 0.473. The second kappa shape index (κ2) is 9.80. The third kappa shape index (κ3) is 6.45. The van der Waals surface area contributed by atoms with Gasteiger partial charge in [-0.05, 0) is 63.6 Å². The maximum Gasteiger partial charge on any atom is 0.254 e. The third-order valence-corrected chi connectivity index (χ3v) is 6.21. The number of hydrogen-bond acceptors (Lipinski definition) is 6. The van der Waals surface area contributed by atoms with Crippen LogP contribution in [0, 0.1) is 0 Å². The number of fused-ring (bicyclic) bond motifs is 1. The predicted octanol–water partition coefficient (Wildman–Crippen LogP) is 2.27. The molecular weight excluding hydrogens is 446 g/mol. The van der Waals surface area contributed by atoms with E-state index in [1.165, 1.54) is 29.2 Å². The van der Waals surface area contributed by atoms with Crippen LogP contribution in [0.25, 0.3) is 0 Å². The summed E-state index contributed by atoms with van der Waals surface area (Å²) in [6.45, 7) is 7.69. The normalized spacial score (nSPS) is 13.0. The first-order valence-electron chi connectivity index (χ1n) is 10.6. The van der Waals surface area contributed by atoms with Gasteiger partial charge in [0.25, 0.3) is 5.91 Å². The van der Waals surface area contributed by atoms with Crippen molar-refractivity contribution in [3.05, 3.63) is 53.6 Å². The highest BCUT2D eigenvalue weighted by Crippen LogP contribution is 2.32. The summed E-state index contributed by atoms with van der Waals surface area (Å²) in [5, 5.41) is 2.82. The van der Waals surface area contributed by atoms with E-state index >= 15 is 0 Å². The van der Waals surface area contributed by atoms with Crippen molar-refractivity contribution < 1.29 is 27.5 Å². The lowest BCUT2D eigenvalue weighted by molar-refractivity contribution is -0.123. The van der Waals surface area contributed by atoms with E-state index in [4.69, 9.17) is 9.47 Å². The van der Waals surface area contributed by atoms with Gasteiger partial charge in [0.15, 0.2) is 11.5 Å². The van der Waals surface area contributed by atoms with Gasteiger partial charge in [-0.15, -0.1) is 0 Å². The van der Waals surface area contributed by atoms with Crippen molar-refractivity contribution in [3.63, 3.8) is 0 Å². The van der Waals surface area contributed by atoms with Gasteiger partial charge in [-0.2, -0.15) is 0 Å². The first-order valence-corrected chi connectivity index (χ1v) is 12.1. The van der Waals surface area contributed by atoms with Crippen molar-refractivity contribution in [2.24, 2.45) is 0 Å². The van der Waals surface area contributed by atoms with Gasteiger partial charge < -0.3 is 19.7 Å². The SMILES string of the molecule is CCN(CC(=O)NC(C)(C)C)C(=O)c1cccc(S(=O)(=O)NCc2ccc3c(c2)OCO3)c1. The summed E-state index contributed by atoms with van der Waals surface area (Å²) < 4.78 is 38.8. The summed E-state index contributed by atoms with van der Waals surface area (Å²) in [6, 6.07) is 11.0. The van der Waals surface area contributed by atoms with Crippen molar-refractivity contribution >= 4 is 21.8 Å². The number of amides is 2. The minimum absolute atomic E-state index is 0.0377. The maximum absolute atomic E-state index is 12.9. The molecular formula is C23H29N3O6S. The molecule has 0 fully saturated rings. The van der Waals surface area contributed by atoms with Crippen LogP contribution in [-0.4, -0.2) is 50.6 Å². The van der Waals surface area contributed by atoms with Gasteiger partial charge in [0.1, 0.15) is 0 Å². The zero-order valence-electron chi connectivity index (χ0n) is 19.2. The van der Waals surface area contributed by atoms with E-state index in [1.54, 1.807) is 25.1 Å². The molecule has 0 spiro atoms. The lowest BCUT2D eigenvalue weighted by Crippen LogP contribution is -2.47. The molecule has 2 N–H and O–H groups in total.